The van der Waals surface area contributed by atoms with Crippen molar-refractivity contribution in [3.63, 3.8) is 0 Å². The predicted octanol–water partition coefficient (Wildman–Crippen LogP) is 4.80. The minimum Gasteiger partial charge on any atom is -0.423 e. The molecule has 1 aromatic heterocycles. The largest absolute Gasteiger partial charge is 0.423 e. The first-order valence-electron chi connectivity index (χ1n) is 9.30. The van der Waals surface area contributed by atoms with Gasteiger partial charge in [0.2, 0.25) is 5.91 Å². The van der Waals surface area contributed by atoms with Crippen molar-refractivity contribution in [3.8, 4) is 0 Å². The van der Waals surface area contributed by atoms with Gasteiger partial charge < -0.3 is 14.6 Å². The number of aryl methyl sites for hydroxylation is 2. The summed E-state index contributed by atoms with van der Waals surface area (Å²) in [7, 11) is 0. The molecule has 0 spiro atoms. The van der Waals surface area contributed by atoms with Crippen molar-refractivity contribution in [3.05, 3.63) is 68.5 Å². The van der Waals surface area contributed by atoms with Crippen LogP contribution in [0.15, 0.2) is 45.6 Å². The number of nitrogens with one attached hydrogen (secondary N) is 1. The van der Waals surface area contributed by atoms with Gasteiger partial charge in [0.1, 0.15) is 5.58 Å². The second-order valence-corrected chi connectivity index (χ2v) is 7.60. The van der Waals surface area contributed by atoms with Gasteiger partial charge in [-0.1, -0.05) is 11.6 Å². The van der Waals surface area contributed by atoms with Gasteiger partial charge in [-0.05, 0) is 67.3 Å². The highest BCUT2D eigenvalue weighted by Gasteiger charge is 2.23. The molecule has 1 aliphatic rings. The molecule has 1 aliphatic heterocycles. The SMILES string of the molecule is Cc1cc2oc(=O)cc(CNc3ccc(N4CCCC4=O)c(Cl)c3)c2cc1C. The lowest BCUT2D eigenvalue weighted by molar-refractivity contribution is -0.117. The number of halogens is 1. The Kier molecular flexibility index (Phi) is 4.85. The quantitative estimate of drug-likeness (QED) is 0.643. The Bertz CT molecular complexity index is 1140. The smallest absolute Gasteiger partial charge is 0.336 e. The van der Waals surface area contributed by atoms with Crippen LogP contribution in [0.2, 0.25) is 5.02 Å². The van der Waals surface area contributed by atoms with E-state index < -0.39 is 0 Å². The minimum atomic E-state index is -0.367. The lowest BCUT2D eigenvalue weighted by Gasteiger charge is -2.18. The molecule has 28 heavy (non-hydrogen) atoms. The molecule has 4 rings (SSSR count). The third-order valence-electron chi connectivity index (χ3n) is 5.24. The van der Waals surface area contributed by atoms with Crippen LogP contribution >= 0.6 is 11.6 Å². The van der Waals surface area contributed by atoms with Crippen LogP contribution in [0.1, 0.15) is 29.5 Å². The lowest BCUT2D eigenvalue weighted by atomic mass is 10.0. The molecule has 1 saturated heterocycles. The molecule has 1 N–H and O–H groups in total. The van der Waals surface area contributed by atoms with Crippen LogP contribution in [0, 0.1) is 13.8 Å². The first-order chi connectivity index (χ1) is 13.4. The zero-order valence-corrected chi connectivity index (χ0v) is 16.6. The van der Waals surface area contributed by atoms with Gasteiger partial charge >= 0.3 is 5.63 Å². The van der Waals surface area contributed by atoms with E-state index in [9.17, 15) is 9.59 Å². The van der Waals surface area contributed by atoms with Crippen LogP contribution in [0.25, 0.3) is 11.0 Å². The van der Waals surface area contributed by atoms with E-state index in [1.807, 2.05) is 44.2 Å². The van der Waals surface area contributed by atoms with Crippen molar-refractivity contribution in [2.24, 2.45) is 0 Å². The maximum absolute atomic E-state index is 11.9. The number of anilines is 2. The summed E-state index contributed by atoms with van der Waals surface area (Å²) in [4.78, 5) is 25.6. The lowest BCUT2D eigenvalue weighted by Crippen LogP contribution is -2.23. The van der Waals surface area contributed by atoms with Crippen LogP contribution in [-0.4, -0.2) is 12.5 Å². The van der Waals surface area contributed by atoms with Gasteiger partial charge in [0.15, 0.2) is 0 Å². The fourth-order valence-electron chi connectivity index (χ4n) is 3.57. The Hall–Kier alpha value is -2.79. The van der Waals surface area contributed by atoms with Crippen molar-refractivity contribution < 1.29 is 9.21 Å². The Morgan fingerprint density at radius 3 is 2.61 bits per heavy atom. The Morgan fingerprint density at radius 1 is 1.11 bits per heavy atom. The summed E-state index contributed by atoms with van der Waals surface area (Å²) in [5.41, 5.74) is 4.88. The number of hydrogen-bond acceptors (Lipinski definition) is 4. The predicted molar refractivity (Wildman–Crippen MR) is 112 cm³/mol. The molecule has 0 bridgehead atoms. The Labute approximate surface area is 167 Å². The van der Waals surface area contributed by atoms with Gasteiger partial charge in [-0.25, -0.2) is 4.79 Å². The zero-order chi connectivity index (χ0) is 19.8. The summed E-state index contributed by atoms with van der Waals surface area (Å²) in [6.45, 7) is 5.20. The molecule has 0 atom stereocenters. The first-order valence-corrected chi connectivity index (χ1v) is 9.68. The summed E-state index contributed by atoms with van der Waals surface area (Å²) >= 11 is 6.42. The summed E-state index contributed by atoms with van der Waals surface area (Å²) < 4.78 is 5.35. The van der Waals surface area contributed by atoms with E-state index in [0.29, 0.717) is 30.1 Å². The molecule has 2 aromatic carbocycles. The highest BCUT2D eigenvalue weighted by molar-refractivity contribution is 6.34. The second-order valence-electron chi connectivity index (χ2n) is 7.19. The zero-order valence-electron chi connectivity index (χ0n) is 15.8. The minimum absolute atomic E-state index is 0.107. The summed E-state index contributed by atoms with van der Waals surface area (Å²) in [5, 5.41) is 4.76. The van der Waals surface area contributed by atoms with E-state index in [1.165, 1.54) is 6.07 Å². The number of nitrogens with zero attached hydrogens (tertiary/aromatic N) is 1. The molecule has 5 nitrogen and oxygen atoms in total. The van der Waals surface area contributed by atoms with Gasteiger partial charge in [0.05, 0.1) is 10.7 Å². The van der Waals surface area contributed by atoms with Crippen molar-refractivity contribution in [2.45, 2.75) is 33.2 Å². The number of carbonyl (C=O) groups excluding carboxylic acids is 1. The maximum Gasteiger partial charge on any atom is 0.336 e. The standard InChI is InChI=1S/C22H21ClN2O3/c1-13-8-17-15(10-22(27)28-20(17)9-14(13)2)12-24-16-5-6-19(18(23)11-16)25-7-3-4-21(25)26/h5-6,8-11,24H,3-4,7,12H2,1-2H3. The molecule has 0 saturated carbocycles. The molecule has 6 heteroatoms. The third-order valence-corrected chi connectivity index (χ3v) is 5.54. The summed E-state index contributed by atoms with van der Waals surface area (Å²) in [6, 6.07) is 11.0. The average molecular weight is 397 g/mol. The van der Waals surface area contributed by atoms with Crippen molar-refractivity contribution in [2.75, 3.05) is 16.8 Å². The second kappa shape index (κ2) is 7.32. The highest BCUT2D eigenvalue weighted by Crippen LogP contribution is 2.32. The molecule has 2 heterocycles. The Balaban J connectivity index is 1.59. The van der Waals surface area contributed by atoms with Crippen molar-refractivity contribution in [1.82, 2.24) is 0 Å². The monoisotopic (exact) mass is 396 g/mol. The summed E-state index contributed by atoms with van der Waals surface area (Å²) in [6.07, 6.45) is 1.43. The number of fused-ring (bicyclic) bond motifs is 1. The van der Waals surface area contributed by atoms with Crippen LogP contribution in [0.4, 0.5) is 11.4 Å². The van der Waals surface area contributed by atoms with E-state index in [0.717, 1.165) is 39.9 Å². The van der Waals surface area contributed by atoms with Gasteiger partial charge in [0, 0.05) is 36.7 Å². The number of benzene rings is 2. The molecular formula is C22H21ClN2O3. The fraction of sp³-hybridized carbons (Fsp3) is 0.273. The molecule has 0 aliphatic carbocycles. The first kappa shape index (κ1) is 18.6. The van der Waals surface area contributed by atoms with Crippen molar-refractivity contribution in [1.29, 1.82) is 0 Å². The number of amides is 1. The van der Waals surface area contributed by atoms with E-state index >= 15 is 0 Å². The number of carbonyl (C=O) groups is 1. The molecule has 0 radical (unpaired) electrons. The number of rotatable bonds is 4. The van der Waals surface area contributed by atoms with Crippen LogP contribution in [0.3, 0.4) is 0 Å². The van der Waals surface area contributed by atoms with Crippen LogP contribution in [0.5, 0.6) is 0 Å². The third kappa shape index (κ3) is 3.50. The van der Waals surface area contributed by atoms with Gasteiger partial charge in [-0.3, -0.25) is 4.79 Å². The summed E-state index contributed by atoms with van der Waals surface area (Å²) in [5.74, 6) is 0.107. The van der Waals surface area contributed by atoms with E-state index in [1.54, 1.807) is 4.90 Å². The Morgan fingerprint density at radius 2 is 1.89 bits per heavy atom. The van der Waals surface area contributed by atoms with Crippen LogP contribution < -0.4 is 15.8 Å². The van der Waals surface area contributed by atoms with Crippen LogP contribution in [-0.2, 0) is 11.3 Å². The normalized spacial score (nSPS) is 14.1. The van der Waals surface area contributed by atoms with E-state index in [4.69, 9.17) is 16.0 Å². The molecule has 3 aromatic rings. The van der Waals surface area contributed by atoms with Gasteiger partial charge in [0.25, 0.3) is 0 Å². The molecule has 144 valence electrons. The fourth-order valence-corrected chi connectivity index (χ4v) is 3.85. The maximum atomic E-state index is 11.9. The molecule has 1 amide bonds. The average Bonchev–Trinajstić information content (AvgIpc) is 3.07. The van der Waals surface area contributed by atoms with Crippen molar-refractivity contribution >= 4 is 39.9 Å². The van der Waals surface area contributed by atoms with Gasteiger partial charge in [-0.2, -0.15) is 0 Å². The highest BCUT2D eigenvalue weighted by atomic mass is 35.5. The molecule has 0 unspecified atom stereocenters. The van der Waals surface area contributed by atoms with Gasteiger partial charge in [-0.15, -0.1) is 0 Å². The topological polar surface area (TPSA) is 62.6 Å². The number of hydrogen-bond donors (Lipinski definition) is 1. The molecular weight excluding hydrogens is 376 g/mol. The van der Waals surface area contributed by atoms with E-state index in [-0.39, 0.29) is 11.5 Å². The molecule has 1 fully saturated rings. The van der Waals surface area contributed by atoms with E-state index in [2.05, 4.69) is 5.32 Å².